The van der Waals surface area contributed by atoms with Crippen LogP contribution in [0, 0.1) is 0 Å². The summed E-state index contributed by atoms with van der Waals surface area (Å²) in [7, 11) is 0. The van der Waals surface area contributed by atoms with Crippen LogP contribution >= 0.6 is 0 Å². The van der Waals surface area contributed by atoms with Crippen LogP contribution in [0.4, 0.5) is 0 Å². The zero-order valence-corrected chi connectivity index (χ0v) is 10.2. The van der Waals surface area contributed by atoms with E-state index < -0.39 is 0 Å². The minimum absolute atomic E-state index is 0.394. The van der Waals surface area contributed by atoms with E-state index in [1.807, 2.05) is 0 Å². The zero-order chi connectivity index (χ0) is 11.1. The van der Waals surface area contributed by atoms with Gasteiger partial charge in [0.25, 0.3) is 0 Å². The molecule has 3 nitrogen and oxygen atoms in total. The molecule has 0 saturated carbocycles. The number of hydrogen-bond acceptors (Lipinski definition) is 3. The summed E-state index contributed by atoms with van der Waals surface area (Å²) < 4.78 is 5.62. The molecule has 1 aliphatic heterocycles. The van der Waals surface area contributed by atoms with Gasteiger partial charge >= 0.3 is 0 Å². The Morgan fingerprint density at radius 2 is 2.33 bits per heavy atom. The average molecular weight is 214 g/mol. The SMILES string of the molecule is CCC(N)CCCN1CCCOC(C)C1. The molecule has 0 bridgehead atoms. The van der Waals surface area contributed by atoms with E-state index in [-0.39, 0.29) is 0 Å². The fourth-order valence-electron chi connectivity index (χ4n) is 2.06. The van der Waals surface area contributed by atoms with Crippen molar-refractivity contribution in [3.63, 3.8) is 0 Å². The van der Waals surface area contributed by atoms with Crippen molar-refractivity contribution in [1.82, 2.24) is 4.90 Å². The molecule has 15 heavy (non-hydrogen) atoms. The summed E-state index contributed by atoms with van der Waals surface area (Å²) in [5.74, 6) is 0. The lowest BCUT2D eigenvalue weighted by Crippen LogP contribution is -2.32. The van der Waals surface area contributed by atoms with Crippen molar-refractivity contribution >= 4 is 0 Å². The van der Waals surface area contributed by atoms with Gasteiger partial charge in [-0.1, -0.05) is 6.92 Å². The topological polar surface area (TPSA) is 38.5 Å². The first-order chi connectivity index (χ1) is 7.22. The second kappa shape index (κ2) is 7.20. The van der Waals surface area contributed by atoms with Gasteiger partial charge in [-0.05, 0) is 39.2 Å². The molecule has 0 radical (unpaired) electrons. The van der Waals surface area contributed by atoms with E-state index in [4.69, 9.17) is 10.5 Å². The fraction of sp³-hybridized carbons (Fsp3) is 1.00. The highest BCUT2D eigenvalue weighted by atomic mass is 16.5. The second-order valence-electron chi connectivity index (χ2n) is 4.65. The molecular formula is C12H26N2O. The lowest BCUT2D eigenvalue weighted by molar-refractivity contribution is 0.0675. The highest BCUT2D eigenvalue weighted by Crippen LogP contribution is 2.07. The molecule has 1 heterocycles. The van der Waals surface area contributed by atoms with Crippen molar-refractivity contribution in [2.24, 2.45) is 5.73 Å². The molecule has 0 amide bonds. The summed E-state index contributed by atoms with van der Waals surface area (Å²) in [6.45, 7) is 8.70. The van der Waals surface area contributed by atoms with Crippen LogP contribution in [0.25, 0.3) is 0 Å². The van der Waals surface area contributed by atoms with E-state index >= 15 is 0 Å². The van der Waals surface area contributed by atoms with Crippen LogP contribution in [0.3, 0.4) is 0 Å². The van der Waals surface area contributed by atoms with Gasteiger partial charge in [-0.3, -0.25) is 0 Å². The van der Waals surface area contributed by atoms with Crippen molar-refractivity contribution in [2.45, 2.75) is 51.7 Å². The van der Waals surface area contributed by atoms with E-state index in [1.165, 1.54) is 25.9 Å². The molecule has 0 spiro atoms. The lowest BCUT2D eigenvalue weighted by Gasteiger charge is -2.22. The number of nitrogens with two attached hydrogens (primary N) is 1. The number of ether oxygens (including phenoxy) is 1. The third-order valence-electron chi connectivity index (χ3n) is 3.11. The van der Waals surface area contributed by atoms with Gasteiger partial charge in [0.1, 0.15) is 0 Å². The zero-order valence-electron chi connectivity index (χ0n) is 10.2. The molecule has 1 saturated heterocycles. The van der Waals surface area contributed by atoms with Crippen molar-refractivity contribution in [3.8, 4) is 0 Å². The average Bonchev–Trinajstić information content (AvgIpc) is 2.42. The van der Waals surface area contributed by atoms with Crippen LogP contribution in [0.5, 0.6) is 0 Å². The summed E-state index contributed by atoms with van der Waals surface area (Å²) in [5, 5.41) is 0. The number of rotatable bonds is 5. The lowest BCUT2D eigenvalue weighted by atomic mass is 10.1. The Morgan fingerprint density at radius 3 is 3.07 bits per heavy atom. The predicted octanol–water partition coefficient (Wildman–Crippen LogP) is 1.61. The third kappa shape index (κ3) is 5.50. The molecule has 1 rings (SSSR count). The summed E-state index contributed by atoms with van der Waals surface area (Å²) in [4.78, 5) is 2.51. The molecule has 2 atom stereocenters. The molecule has 1 aliphatic rings. The Bertz CT molecular complexity index is 164. The second-order valence-corrected chi connectivity index (χ2v) is 4.65. The minimum atomic E-state index is 0.394. The Balaban J connectivity index is 2.13. The Labute approximate surface area is 94.0 Å². The summed E-state index contributed by atoms with van der Waals surface area (Å²) in [5.41, 5.74) is 5.90. The Kier molecular flexibility index (Phi) is 6.22. The molecule has 1 fully saturated rings. The number of nitrogens with zero attached hydrogens (tertiary/aromatic N) is 1. The van der Waals surface area contributed by atoms with Crippen molar-refractivity contribution in [3.05, 3.63) is 0 Å². The van der Waals surface area contributed by atoms with Crippen molar-refractivity contribution in [2.75, 3.05) is 26.2 Å². The molecule has 0 aromatic carbocycles. The maximum absolute atomic E-state index is 5.90. The van der Waals surface area contributed by atoms with E-state index in [1.54, 1.807) is 0 Å². The highest BCUT2D eigenvalue weighted by Gasteiger charge is 2.14. The molecule has 2 N–H and O–H groups in total. The van der Waals surface area contributed by atoms with Gasteiger partial charge in [0.15, 0.2) is 0 Å². The van der Waals surface area contributed by atoms with E-state index in [0.717, 1.165) is 26.0 Å². The largest absolute Gasteiger partial charge is 0.377 e. The van der Waals surface area contributed by atoms with Crippen LogP contribution < -0.4 is 5.73 Å². The highest BCUT2D eigenvalue weighted by molar-refractivity contribution is 4.68. The van der Waals surface area contributed by atoms with E-state index in [2.05, 4.69) is 18.7 Å². The Hall–Kier alpha value is -0.120. The van der Waals surface area contributed by atoms with E-state index in [9.17, 15) is 0 Å². The minimum Gasteiger partial charge on any atom is -0.377 e. The quantitative estimate of drug-likeness (QED) is 0.755. The fourth-order valence-corrected chi connectivity index (χ4v) is 2.06. The van der Waals surface area contributed by atoms with Gasteiger partial charge in [-0.25, -0.2) is 0 Å². The normalized spacial score (nSPS) is 26.2. The van der Waals surface area contributed by atoms with E-state index in [0.29, 0.717) is 12.1 Å². The van der Waals surface area contributed by atoms with Gasteiger partial charge in [-0.15, -0.1) is 0 Å². The molecular weight excluding hydrogens is 188 g/mol. The van der Waals surface area contributed by atoms with Gasteiger partial charge in [0, 0.05) is 25.7 Å². The van der Waals surface area contributed by atoms with Gasteiger partial charge in [-0.2, -0.15) is 0 Å². The predicted molar refractivity (Wildman–Crippen MR) is 64.0 cm³/mol. The molecule has 3 heteroatoms. The number of hydrogen-bond donors (Lipinski definition) is 1. The first kappa shape index (κ1) is 12.9. The molecule has 90 valence electrons. The van der Waals surface area contributed by atoms with Crippen molar-refractivity contribution < 1.29 is 4.74 Å². The van der Waals surface area contributed by atoms with Crippen LogP contribution in [0.1, 0.15) is 39.5 Å². The van der Waals surface area contributed by atoms with Crippen LogP contribution in [-0.4, -0.2) is 43.3 Å². The smallest absolute Gasteiger partial charge is 0.0673 e. The van der Waals surface area contributed by atoms with Crippen molar-refractivity contribution in [1.29, 1.82) is 0 Å². The van der Waals surface area contributed by atoms with Gasteiger partial charge < -0.3 is 15.4 Å². The van der Waals surface area contributed by atoms with Crippen LogP contribution in [0.15, 0.2) is 0 Å². The Morgan fingerprint density at radius 1 is 1.53 bits per heavy atom. The summed E-state index contributed by atoms with van der Waals surface area (Å²) in [6.07, 6.45) is 5.04. The molecule has 2 unspecified atom stereocenters. The van der Waals surface area contributed by atoms with Crippen LogP contribution in [-0.2, 0) is 4.74 Å². The third-order valence-corrected chi connectivity index (χ3v) is 3.11. The monoisotopic (exact) mass is 214 g/mol. The van der Waals surface area contributed by atoms with Gasteiger partial charge in [0.05, 0.1) is 6.10 Å². The van der Waals surface area contributed by atoms with Crippen LogP contribution in [0.2, 0.25) is 0 Å². The summed E-state index contributed by atoms with van der Waals surface area (Å²) >= 11 is 0. The molecule has 0 aliphatic carbocycles. The molecule has 0 aromatic heterocycles. The van der Waals surface area contributed by atoms with Gasteiger partial charge in [0.2, 0.25) is 0 Å². The maximum Gasteiger partial charge on any atom is 0.0673 e. The first-order valence-corrected chi connectivity index (χ1v) is 6.32. The maximum atomic E-state index is 5.90. The molecule has 0 aromatic rings. The first-order valence-electron chi connectivity index (χ1n) is 6.32. The standard InChI is InChI=1S/C12H26N2O/c1-3-12(13)6-4-7-14-8-5-9-15-11(2)10-14/h11-12H,3-10,13H2,1-2H3. The summed E-state index contributed by atoms with van der Waals surface area (Å²) in [6, 6.07) is 0.394.